The van der Waals surface area contributed by atoms with E-state index in [9.17, 15) is 14.3 Å². The quantitative estimate of drug-likeness (QED) is 0.363. The van der Waals surface area contributed by atoms with E-state index in [1.165, 1.54) is 11.7 Å². The van der Waals surface area contributed by atoms with Crippen LogP contribution in [0.2, 0.25) is 0 Å². The highest BCUT2D eigenvalue weighted by atomic mass is 19.1. The zero-order valence-corrected chi connectivity index (χ0v) is 21.6. The molecule has 0 unspecified atom stereocenters. The first-order valence-corrected chi connectivity index (χ1v) is 12.3. The summed E-state index contributed by atoms with van der Waals surface area (Å²) in [6.07, 6.45) is 2.72. The summed E-state index contributed by atoms with van der Waals surface area (Å²) in [6.45, 7) is 10.5. The molecule has 0 fully saturated rings. The molecule has 0 aliphatic rings. The van der Waals surface area contributed by atoms with Crippen molar-refractivity contribution in [3.05, 3.63) is 42.0 Å². The van der Waals surface area contributed by atoms with E-state index in [1.807, 2.05) is 18.2 Å². The molecule has 1 amide bonds. The van der Waals surface area contributed by atoms with Crippen molar-refractivity contribution in [2.45, 2.75) is 34.1 Å². The van der Waals surface area contributed by atoms with Crippen LogP contribution < -0.4 is 10.2 Å². The molecule has 0 aliphatic carbocycles. The molecular weight excluding hydrogens is 459 g/mol. The number of amides is 1. The standard InChI is InChI=1S/C27H33FN6O2/c1-7-16(4)13-34(12-15(2)3)18-8-9-21-19(11-18)24(27(36)29-5)31-26(30-21)20-10-17-14-33(6)32-23(17)22(28)25(20)35/h8-11,14-16,35H,7,12-13H2,1-6H3,(H,29,36)/t16-/m1/s1. The summed E-state index contributed by atoms with van der Waals surface area (Å²) in [5.74, 6) is -0.802. The molecule has 0 saturated carbocycles. The van der Waals surface area contributed by atoms with E-state index in [0.29, 0.717) is 28.1 Å². The number of hydrogen-bond acceptors (Lipinski definition) is 6. The lowest BCUT2D eigenvalue weighted by molar-refractivity contribution is 0.0960. The van der Waals surface area contributed by atoms with E-state index in [1.54, 1.807) is 19.3 Å². The van der Waals surface area contributed by atoms with Gasteiger partial charge < -0.3 is 15.3 Å². The maximum atomic E-state index is 14.9. The Kier molecular flexibility index (Phi) is 7.10. The molecule has 9 heteroatoms. The van der Waals surface area contributed by atoms with Gasteiger partial charge in [-0.2, -0.15) is 5.10 Å². The van der Waals surface area contributed by atoms with E-state index in [-0.39, 0.29) is 28.5 Å². The van der Waals surface area contributed by atoms with E-state index in [0.717, 1.165) is 25.2 Å². The summed E-state index contributed by atoms with van der Waals surface area (Å²) in [6, 6.07) is 7.37. The van der Waals surface area contributed by atoms with E-state index >= 15 is 0 Å². The molecule has 2 aromatic heterocycles. The van der Waals surface area contributed by atoms with Crippen molar-refractivity contribution in [3.63, 3.8) is 0 Å². The van der Waals surface area contributed by atoms with E-state index in [2.05, 4.69) is 53.0 Å². The number of phenolic OH excluding ortho intramolecular Hbond substituents is 1. The fourth-order valence-corrected chi connectivity index (χ4v) is 4.36. The van der Waals surface area contributed by atoms with Crippen molar-refractivity contribution in [2.75, 3.05) is 25.0 Å². The first kappa shape index (κ1) is 25.3. The van der Waals surface area contributed by atoms with Crippen LogP contribution in [0.3, 0.4) is 0 Å². The van der Waals surface area contributed by atoms with Gasteiger partial charge >= 0.3 is 0 Å². The number of anilines is 1. The molecule has 2 N–H and O–H groups in total. The number of phenols is 1. The Hall–Kier alpha value is -3.75. The summed E-state index contributed by atoms with van der Waals surface area (Å²) in [5, 5.41) is 18.4. The second-order valence-electron chi connectivity index (χ2n) is 9.82. The van der Waals surface area contributed by atoms with Gasteiger partial charge in [-0.3, -0.25) is 9.48 Å². The molecule has 36 heavy (non-hydrogen) atoms. The number of fused-ring (bicyclic) bond motifs is 2. The number of rotatable bonds is 8. The van der Waals surface area contributed by atoms with Gasteiger partial charge in [0.05, 0.1) is 11.1 Å². The fraction of sp³-hybridized carbons (Fsp3) is 0.407. The van der Waals surface area contributed by atoms with Crippen LogP contribution in [0.15, 0.2) is 30.5 Å². The first-order valence-electron chi connectivity index (χ1n) is 12.3. The molecule has 0 aliphatic heterocycles. The lowest BCUT2D eigenvalue weighted by Gasteiger charge is -2.29. The van der Waals surface area contributed by atoms with Gasteiger partial charge in [-0.25, -0.2) is 14.4 Å². The van der Waals surface area contributed by atoms with Crippen molar-refractivity contribution in [2.24, 2.45) is 18.9 Å². The smallest absolute Gasteiger partial charge is 0.270 e. The monoisotopic (exact) mass is 492 g/mol. The third kappa shape index (κ3) is 4.82. The Labute approximate surface area is 210 Å². The van der Waals surface area contributed by atoms with Gasteiger partial charge in [-0.05, 0) is 36.1 Å². The zero-order valence-electron chi connectivity index (χ0n) is 21.6. The van der Waals surface area contributed by atoms with Crippen molar-refractivity contribution in [1.29, 1.82) is 0 Å². The highest BCUT2D eigenvalue weighted by molar-refractivity contribution is 6.05. The van der Waals surface area contributed by atoms with Crippen LogP contribution in [0.4, 0.5) is 10.1 Å². The molecule has 4 rings (SSSR count). The van der Waals surface area contributed by atoms with E-state index in [4.69, 9.17) is 0 Å². The van der Waals surface area contributed by atoms with Gasteiger partial charge in [0.25, 0.3) is 5.91 Å². The number of aromatic nitrogens is 4. The third-order valence-electron chi connectivity index (χ3n) is 6.37. The molecule has 1 atom stereocenters. The van der Waals surface area contributed by atoms with Crippen molar-refractivity contribution < 1.29 is 14.3 Å². The molecule has 190 valence electrons. The number of carbonyl (C=O) groups excluding carboxylic acids is 1. The van der Waals surface area contributed by atoms with Gasteiger partial charge in [0.15, 0.2) is 17.4 Å². The minimum Gasteiger partial charge on any atom is -0.504 e. The number of benzene rings is 2. The molecule has 8 nitrogen and oxygen atoms in total. The summed E-state index contributed by atoms with van der Waals surface area (Å²) in [4.78, 5) is 24.3. The zero-order chi connectivity index (χ0) is 26.1. The summed E-state index contributed by atoms with van der Waals surface area (Å²) in [7, 11) is 3.21. The van der Waals surface area contributed by atoms with Crippen LogP contribution in [0.25, 0.3) is 33.2 Å². The van der Waals surface area contributed by atoms with Crippen LogP contribution in [0.5, 0.6) is 5.75 Å². The Morgan fingerprint density at radius 2 is 1.94 bits per heavy atom. The molecule has 0 saturated heterocycles. The lowest BCUT2D eigenvalue weighted by Crippen LogP contribution is -2.32. The predicted octanol–water partition coefficient (Wildman–Crippen LogP) is 4.90. The highest BCUT2D eigenvalue weighted by Crippen LogP contribution is 2.36. The minimum atomic E-state index is -0.849. The maximum absolute atomic E-state index is 14.9. The average Bonchev–Trinajstić information content (AvgIpc) is 3.24. The number of hydrogen-bond donors (Lipinski definition) is 2. The normalized spacial score (nSPS) is 12.4. The number of aryl methyl sites for hydroxylation is 1. The number of halogens is 1. The Morgan fingerprint density at radius 1 is 1.19 bits per heavy atom. The van der Waals surface area contributed by atoms with Crippen LogP contribution in [0.1, 0.15) is 44.6 Å². The Bertz CT molecular complexity index is 1430. The van der Waals surface area contributed by atoms with Gasteiger partial charge in [0.1, 0.15) is 11.2 Å². The summed E-state index contributed by atoms with van der Waals surface area (Å²) in [5.41, 5.74) is 1.84. The minimum absolute atomic E-state index is 0.0576. The van der Waals surface area contributed by atoms with Crippen LogP contribution >= 0.6 is 0 Å². The molecule has 0 bridgehead atoms. The second-order valence-corrected chi connectivity index (χ2v) is 9.82. The first-order chi connectivity index (χ1) is 17.1. The topological polar surface area (TPSA) is 96.2 Å². The number of nitrogens with one attached hydrogen (secondary N) is 1. The van der Waals surface area contributed by atoms with Crippen molar-refractivity contribution in [1.82, 2.24) is 25.1 Å². The maximum Gasteiger partial charge on any atom is 0.270 e. The largest absolute Gasteiger partial charge is 0.504 e. The molecule has 2 aromatic carbocycles. The molecule has 4 aromatic rings. The summed E-state index contributed by atoms with van der Waals surface area (Å²) >= 11 is 0. The fourth-order valence-electron chi connectivity index (χ4n) is 4.36. The SMILES string of the molecule is CC[C@@H](C)CN(CC(C)C)c1ccc2nc(-c3cc4cn(C)nc4c(F)c3O)nc(C(=O)NC)c2c1. The summed E-state index contributed by atoms with van der Waals surface area (Å²) < 4.78 is 16.4. The Balaban J connectivity index is 1.89. The van der Waals surface area contributed by atoms with Gasteiger partial charge in [0.2, 0.25) is 0 Å². The molecular formula is C27H33FN6O2. The van der Waals surface area contributed by atoms with Crippen LogP contribution in [-0.4, -0.2) is 50.9 Å². The molecule has 0 spiro atoms. The predicted molar refractivity (Wildman–Crippen MR) is 141 cm³/mol. The highest BCUT2D eigenvalue weighted by Gasteiger charge is 2.22. The van der Waals surface area contributed by atoms with Gasteiger partial charge in [-0.15, -0.1) is 0 Å². The third-order valence-corrected chi connectivity index (χ3v) is 6.37. The van der Waals surface area contributed by atoms with E-state index < -0.39 is 11.6 Å². The number of carbonyl (C=O) groups is 1. The lowest BCUT2D eigenvalue weighted by atomic mass is 10.0. The number of nitrogens with zero attached hydrogens (tertiary/aromatic N) is 5. The van der Waals surface area contributed by atoms with Crippen LogP contribution in [0, 0.1) is 17.7 Å². The van der Waals surface area contributed by atoms with Crippen molar-refractivity contribution in [3.8, 4) is 17.1 Å². The Morgan fingerprint density at radius 3 is 2.61 bits per heavy atom. The van der Waals surface area contributed by atoms with Gasteiger partial charge in [0, 0.05) is 49.8 Å². The number of aromatic hydroxyl groups is 1. The van der Waals surface area contributed by atoms with Crippen LogP contribution in [-0.2, 0) is 7.05 Å². The average molecular weight is 493 g/mol. The molecule has 2 heterocycles. The van der Waals surface area contributed by atoms with Gasteiger partial charge in [-0.1, -0.05) is 34.1 Å². The molecule has 0 radical (unpaired) electrons. The second kappa shape index (κ2) is 10.1. The van der Waals surface area contributed by atoms with Crippen molar-refractivity contribution >= 4 is 33.4 Å².